The Morgan fingerprint density at radius 3 is 2.70 bits per heavy atom. The van der Waals surface area contributed by atoms with Crippen LogP contribution in [0.1, 0.15) is 50.9 Å². The van der Waals surface area contributed by atoms with E-state index >= 15 is 0 Å². The van der Waals surface area contributed by atoms with Crippen LogP contribution in [0.3, 0.4) is 0 Å². The highest BCUT2D eigenvalue weighted by Crippen LogP contribution is 2.22. The van der Waals surface area contributed by atoms with E-state index in [0.29, 0.717) is 24.0 Å². The molecule has 5 heteroatoms. The molecule has 112 valence electrons. The third-order valence-electron chi connectivity index (χ3n) is 4.00. The van der Waals surface area contributed by atoms with Gasteiger partial charge >= 0.3 is 0 Å². The third kappa shape index (κ3) is 3.61. The number of aromatic nitrogens is 2. The van der Waals surface area contributed by atoms with Crippen LogP contribution >= 0.6 is 11.6 Å². The number of rotatable bonds is 7. The van der Waals surface area contributed by atoms with E-state index in [4.69, 9.17) is 11.6 Å². The van der Waals surface area contributed by atoms with E-state index in [1.54, 1.807) is 0 Å². The van der Waals surface area contributed by atoms with Gasteiger partial charge in [-0.3, -0.25) is 9.48 Å². The molecule has 1 aromatic rings. The number of Topliss-reactive ketones (excluding diaryl/α,β-unsaturated/α-hetero) is 1. The van der Waals surface area contributed by atoms with Crippen LogP contribution in [0.15, 0.2) is 0 Å². The molecule has 20 heavy (non-hydrogen) atoms. The van der Waals surface area contributed by atoms with Crippen LogP contribution in [0.25, 0.3) is 0 Å². The van der Waals surface area contributed by atoms with Crippen LogP contribution in [-0.4, -0.2) is 28.2 Å². The van der Waals surface area contributed by atoms with Crippen molar-refractivity contribution in [2.24, 2.45) is 0 Å². The number of halogens is 1. The molecule has 1 heterocycles. The van der Waals surface area contributed by atoms with Crippen LogP contribution in [0.4, 0.5) is 0 Å². The van der Waals surface area contributed by atoms with Crippen LogP contribution in [0.5, 0.6) is 0 Å². The molecule has 1 aliphatic rings. The monoisotopic (exact) mass is 297 g/mol. The van der Waals surface area contributed by atoms with Crippen LogP contribution < -0.4 is 5.32 Å². The average Bonchev–Trinajstić information content (AvgIpc) is 3.06. The highest BCUT2D eigenvalue weighted by Gasteiger charge is 2.19. The van der Waals surface area contributed by atoms with E-state index in [9.17, 15) is 4.79 Å². The van der Waals surface area contributed by atoms with E-state index in [1.807, 2.05) is 18.5 Å². The van der Waals surface area contributed by atoms with Gasteiger partial charge in [-0.15, -0.1) is 0 Å². The first-order valence-corrected chi connectivity index (χ1v) is 8.02. The molecule has 0 unspecified atom stereocenters. The Morgan fingerprint density at radius 2 is 2.10 bits per heavy atom. The minimum atomic E-state index is 0.191. The van der Waals surface area contributed by atoms with Crippen molar-refractivity contribution in [2.75, 3.05) is 6.54 Å². The van der Waals surface area contributed by atoms with Gasteiger partial charge in [-0.1, -0.05) is 31.4 Å². The first-order valence-electron chi connectivity index (χ1n) is 7.64. The van der Waals surface area contributed by atoms with Gasteiger partial charge in [0, 0.05) is 12.6 Å². The van der Waals surface area contributed by atoms with Crippen molar-refractivity contribution in [1.29, 1.82) is 0 Å². The summed E-state index contributed by atoms with van der Waals surface area (Å²) in [7, 11) is 0. The molecule has 0 bridgehead atoms. The first-order chi connectivity index (χ1) is 9.65. The van der Waals surface area contributed by atoms with Gasteiger partial charge in [0.1, 0.15) is 0 Å². The second-order valence-electron chi connectivity index (χ2n) is 5.45. The summed E-state index contributed by atoms with van der Waals surface area (Å²) in [4.78, 5) is 12.1. The van der Waals surface area contributed by atoms with Gasteiger partial charge in [-0.25, -0.2) is 0 Å². The molecule has 0 atom stereocenters. The van der Waals surface area contributed by atoms with Gasteiger partial charge in [0.25, 0.3) is 0 Å². The van der Waals surface area contributed by atoms with Gasteiger partial charge in [-0.2, -0.15) is 5.10 Å². The molecule has 1 N–H and O–H groups in total. The molecule has 0 spiro atoms. The van der Waals surface area contributed by atoms with Crippen molar-refractivity contribution in [2.45, 2.75) is 65.0 Å². The fourth-order valence-corrected chi connectivity index (χ4v) is 3.16. The van der Waals surface area contributed by atoms with Gasteiger partial charge < -0.3 is 5.32 Å². The minimum Gasteiger partial charge on any atom is -0.307 e. The van der Waals surface area contributed by atoms with Crippen molar-refractivity contribution in [3.05, 3.63) is 16.4 Å². The van der Waals surface area contributed by atoms with Crippen LogP contribution in [-0.2, 0) is 24.2 Å². The quantitative estimate of drug-likeness (QED) is 0.842. The lowest BCUT2D eigenvalue weighted by Crippen LogP contribution is -2.32. The van der Waals surface area contributed by atoms with E-state index in [2.05, 4.69) is 10.4 Å². The molecule has 0 saturated heterocycles. The van der Waals surface area contributed by atoms with E-state index in [0.717, 1.165) is 24.4 Å². The van der Waals surface area contributed by atoms with Crippen molar-refractivity contribution in [3.8, 4) is 0 Å². The maximum Gasteiger partial charge on any atom is 0.152 e. The normalized spacial score (nSPS) is 15.9. The zero-order chi connectivity index (χ0) is 14.5. The summed E-state index contributed by atoms with van der Waals surface area (Å²) < 4.78 is 1.86. The Kier molecular flexibility index (Phi) is 5.61. The summed E-state index contributed by atoms with van der Waals surface area (Å²) in [5, 5.41) is 8.48. The Hall–Kier alpha value is -0.870. The summed E-state index contributed by atoms with van der Waals surface area (Å²) in [5.41, 5.74) is 1.75. The van der Waals surface area contributed by atoms with E-state index < -0.39 is 0 Å². The smallest absolute Gasteiger partial charge is 0.152 e. The summed E-state index contributed by atoms with van der Waals surface area (Å²) in [5.74, 6) is 0.191. The van der Waals surface area contributed by atoms with Crippen LogP contribution in [0, 0.1) is 0 Å². The Labute approximate surface area is 125 Å². The predicted octanol–water partition coefficient (Wildman–Crippen LogP) is 2.76. The summed E-state index contributed by atoms with van der Waals surface area (Å²) in [6, 6.07) is 0.525. The number of nitrogens with zero attached hydrogens (tertiary/aromatic N) is 2. The molecular formula is C15H24ClN3O. The number of carbonyl (C=O) groups is 1. The fourth-order valence-electron chi connectivity index (χ4n) is 2.82. The summed E-state index contributed by atoms with van der Waals surface area (Å²) in [6.45, 7) is 5.24. The van der Waals surface area contributed by atoms with Crippen molar-refractivity contribution < 1.29 is 4.79 Å². The van der Waals surface area contributed by atoms with Gasteiger partial charge in [0.05, 0.1) is 29.4 Å². The predicted molar refractivity (Wildman–Crippen MR) is 81.3 cm³/mol. The molecule has 2 rings (SSSR count). The lowest BCUT2D eigenvalue weighted by atomic mass is 10.1. The van der Waals surface area contributed by atoms with Crippen LogP contribution in [0.2, 0.25) is 5.02 Å². The van der Waals surface area contributed by atoms with Crippen molar-refractivity contribution in [3.63, 3.8) is 0 Å². The Balaban J connectivity index is 1.94. The van der Waals surface area contributed by atoms with E-state index in [-0.39, 0.29) is 5.78 Å². The highest BCUT2D eigenvalue weighted by atomic mass is 35.5. The molecule has 1 aliphatic carbocycles. The average molecular weight is 298 g/mol. The molecule has 0 aromatic carbocycles. The number of hydrogen-bond acceptors (Lipinski definition) is 3. The molecular weight excluding hydrogens is 274 g/mol. The zero-order valence-corrected chi connectivity index (χ0v) is 13.2. The lowest BCUT2D eigenvalue weighted by molar-refractivity contribution is -0.117. The second kappa shape index (κ2) is 7.23. The second-order valence-corrected chi connectivity index (χ2v) is 5.83. The third-order valence-corrected chi connectivity index (χ3v) is 4.44. The molecule has 1 saturated carbocycles. The molecule has 4 nitrogen and oxygen atoms in total. The SMILES string of the molecule is CCc1nn(CC)c(CC(=O)CNC2CCCC2)c1Cl. The van der Waals surface area contributed by atoms with Crippen molar-refractivity contribution in [1.82, 2.24) is 15.1 Å². The highest BCUT2D eigenvalue weighted by molar-refractivity contribution is 6.32. The maximum absolute atomic E-state index is 12.1. The molecule has 0 amide bonds. The topological polar surface area (TPSA) is 46.9 Å². The summed E-state index contributed by atoms with van der Waals surface area (Å²) in [6.07, 6.45) is 6.12. The Morgan fingerprint density at radius 1 is 1.40 bits per heavy atom. The molecule has 0 radical (unpaired) electrons. The number of ketones is 1. The van der Waals surface area contributed by atoms with Gasteiger partial charge in [-0.05, 0) is 26.2 Å². The summed E-state index contributed by atoms with van der Waals surface area (Å²) >= 11 is 6.32. The largest absolute Gasteiger partial charge is 0.307 e. The lowest BCUT2D eigenvalue weighted by Gasteiger charge is -2.11. The fraction of sp³-hybridized carbons (Fsp3) is 0.733. The number of hydrogen-bond donors (Lipinski definition) is 1. The number of carbonyl (C=O) groups excluding carboxylic acids is 1. The van der Waals surface area contributed by atoms with E-state index in [1.165, 1.54) is 25.7 Å². The first kappa shape index (κ1) is 15.5. The molecule has 1 fully saturated rings. The maximum atomic E-state index is 12.1. The zero-order valence-electron chi connectivity index (χ0n) is 12.4. The molecule has 1 aromatic heterocycles. The van der Waals surface area contributed by atoms with Gasteiger partial charge in [0.2, 0.25) is 0 Å². The molecule has 0 aliphatic heterocycles. The number of aryl methyl sites for hydroxylation is 2. The minimum absolute atomic E-state index is 0.191. The van der Waals surface area contributed by atoms with Crippen molar-refractivity contribution >= 4 is 17.4 Å². The Bertz CT molecular complexity index is 464. The van der Waals surface area contributed by atoms with Gasteiger partial charge in [0.15, 0.2) is 5.78 Å². The number of nitrogens with one attached hydrogen (secondary N) is 1. The standard InChI is InChI=1S/C15H24ClN3O/c1-3-13-15(16)14(19(4-2)18-13)9-12(20)10-17-11-7-5-6-8-11/h11,17H,3-10H2,1-2H3.